The fourth-order valence-electron chi connectivity index (χ4n) is 2.69. The van der Waals surface area contributed by atoms with Crippen molar-refractivity contribution in [3.63, 3.8) is 0 Å². The molecular formula is C14H22N2O2S. The van der Waals surface area contributed by atoms with Crippen LogP contribution in [0, 0.1) is 23.2 Å². The Morgan fingerprint density at radius 3 is 2.63 bits per heavy atom. The van der Waals surface area contributed by atoms with Gasteiger partial charge in [0.2, 0.25) is 5.91 Å². The first-order valence-electron chi connectivity index (χ1n) is 6.86. The zero-order chi connectivity index (χ0) is 14.4. The number of fused-ring (bicyclic) bond motifs is 1. The van der Waals surface area contributed by atoms with Crippen molar-refractivity contribution in [2.24, 2.45) is 11.8 Å². The molecule has 2 aliphatic rings. The highest BCUT2D eigenvalue weighted by molar-refractivity contribution is 7.86. The summed E-state index contributed by atoms with van der Waals surface area (Å²) in [6, 6.07) is 2.24. The number of nitriles is 1. The Morgan fingerprint density at radius 1 is 1.47 bits per heavy atom. The lowest BCUT2D eigenvalue weighted by molar-refractivity contribution is -0.135. The van der Waals surface area contributed by atoms with E-state index < -0.39 is 10.8 Å². The average Bonchev–Trinajstić information content (AvgIpc) is 2.98. The number of amides is 1. The summed E-state index contributed by atoms with van der Waals surface area (Å²) in [5.41, 5.74) is 0. The zero-order valence-corrected chi connectivity index (χ0v) is 12.9. The van der Waals surface area contributed by atoms with Gasteiger partial charge in [-0.15, -0.1) is 0 Å². The van der Waals surface area contributed by atoms with Gasteiger partial charge in [-0.3, -0.25) is 9.00 Å². The third kappa shape index (κ3) is 2.84. The molecule has 1 heterocycles. The van der Waals surface area contributed by atoms with Gasteiger partial charge in [-0.25, -0.2) is 0 Å². The predicted octanol–water partition coefficient (Wildman–Crippen LogP) is 1.68. The highest BCUT2D eigenvalue weighted by Gasteiger charge is 2.54. The van der Waals surface area contributed by atoms with Crippen LogP contribution in [0.1, 0.15) is 40.5 Å². The fraction of sp³-hybridized carbons (Fsp3) is 0.857. The van der Waals surface area contributed by atoms with E-state index in [1.165, 1.54) is 0 Å². The van der Waals surface area contributed by atoms with Crippen LogP contribution in [0.15, 0.2) is 0 Å². The summed E-state index contributed by atoms with van der Waals surface area (Å²) in [5.74, 6) is 0.660. The maximum atomic E-state index is 12.5. The lowest BCUT2D eigenvalue weighted by atomic mass is 10.1. The molecule has 5 unspecified atom stereocenters. The van der Waals surface area contributed by atoms with Crippen LogP contribution >= 0.6 is 0 Å². The molecule has 19 heavy (non-hydrogen) atoms. The van der Waals surface area contributed by atoms with E-state index >= 15 is 0 Å². The molecule has 0 N–H and O–H groups in total. The third-order valence-electron chi connectivity index (χ3n) is 4.01. The summed E-state index contributed by atoms with van der Waals surface area (Å²) in [4.78, 5) is 14.2. The van der Waals surface area contributed by atoms with Gasteiger partial charge in [-0.05, 0) is 39.5 Å². The van der Waals surface area contributed by atoms with Gasteiger partial charge in [-0.2, -0.15) is 5.26 Å². The Bertz CT molecular complexity index is 449. The van der Waals surface area contributed by atoms with Gasteiger partial charge in [0.1, 0.15) is 6.04 Å². The van der Waals surface area contributed by atoms with E-state index in [4.69, 9.17) is 5.26 Å². The van der Waals surface area contributed by atoms with Crippen LogP contribution in [0.2, 0.25) is 0 Å². The second-order valence-corrected chi connectivity index (χ2v) is 8.96. The van der Waals surface area contributed by atoms with E-state index in [1.54, 1.807) is 4.90 Å². The van der Waals surface area contributed by atoms with Gasteiger partial charge in [0.25, 0.3) is 0 Å². The maximum absolute atomic E-state index is 12.5. The van der Waals surface area contributed by atoms with Gasteiger partial charge >= 0.3 is 0 Å². The van der Waals surface area contributed by atoms with Crippen LogP contribution in [0.5, 0.6) is 0 Å². The number of hydrogen-bond donors (Lipinski definition) is 0. The predicted molar refractivity (Wildman–Crippen MR) is 74.7 cm³/mol. The molecule has 1 amide bonds. The number of likely N-dealkylation sites (tertiary alicyclic amines) is 1. The minimum Gasteiger partial charge on any atom is -0.323 e. The second-order valence-electron chi connectivity index (χ2n) is 6.71. The van der Waals surface area contributed by atoms with E-state index in [9.17, 15) is 9.00 Å². The van der Waals surface area contributed by atoms with Crippen molar-refractivity contribution >= 4 is 16.7 Å². The largest absolute Gasteiger partial charge is 0.323 e. The molecular weight excluding hydrogens is 260 g/mol. The van der Waals surface area contributed by atoms with Crippen molar-refractivity contribution in [3.05, 3.63) is 0 Å². The smallest absolute Gasteiger partial charge is 0.227 e. The van der Waals surface area contributed by atoms with Gasteiger partial charge in [-0.1, -0.05) is 6.92 Å². The number of carbonyl (C=O) groups is 1. The Morgan fingerprint density at radius 2 is 2.11 bits per heavy atom. The molecule has 0 radical (unpaired) electrons. The highest BCUT2D eigenvalue weighted by atomic mass is 32.2. The molecule has 1 aliphatic heterocycles. The third-order valence-corrected chi connectivity index (χ3v) is 6.18. The van der Waals surface area contributed by atoms with Crippen LogP contribution in [0.3, 0.4) is 0 Å². The van der Waals surface area contributed by atoms with Gasteiger partial charge in [0, 0.05) is 33.3 Å². The number of nitrogens with zero attached hydrogens (tertiary/aromatic N) is 2. The van der Waals surface area contributed by atoms with Crippen molar-refractivity contribution in [1.82, 2.24) is 4.90 Å². The summed E-state index contributed by atoms with van der Waals surface area (Å²) in [6.07, 6.45) is 1.86. The van der Waals surface area contributed by atoms with Gasteiger partial charge < -0.3 is 4.90 Å². The lowest BCUT2D eigenvalue weighted by Gasteiger charge is -2.27. The van der Waals surface area contributed by atoms with Crippen LogP contribution in [0.4, 0.5) is 0 Å². The molecule has 5 atom stereocenters. The first-order chi connectivity index (χ1) is 8.75. The Balaban J connectivity index is 2.00. The number of piperidine rings is 1. The molecule has 106 valence electrons. The number of hydrogen-bond acceptors (Lipinski definition) is 3. The van der Waals surface area contributed by atoms with E-state index in [1.807, 2.05) is 27.7 Å². The monoisotopic (exact) mass is 282 g/mol. The standard InChI is InChI=1S/C14H22N2O2S/c1-9(8-19(18)14(2,3)4)13(17)16-11(7-15)5-10-6-12(10)16/h9-12H,5-6,8H2,1-4H3. The van der Waals surface area contributed by atoms with Gasteiger partial charge in [0.05, 0.1) is 6.07 Å². The van der Waals surface area contributed by atoms with Crippen LogP contribution in [-0.2, 0) is 15.6 Å². The molecule has 0 bridgehead atoms. The molecule has 1 saturated carbocycles. The average molecular weight is 282 g/mol. The van der Waals surface area contributed by atoms with Crippen LogP contribution < -0.4 is 0 Å². The summed E-state index contributed by atoms with van der Waals surface area (Å²) in [6.45, 7) is 7.59. The Labute approximate surface area is 117 Å². The molecule has 0 aromatic rings. The Kier molecular flexibility index (Phi) is 3.74. The highest BCUT2D eigenvalue weighted by Crippen LogP contribution is 2.48. The maximum Gasteiger partial charge on any atom is 0.227 e. The first kappa shape index (κ1) is 14.5. The molecule has 1 aliphatic carbocycles. The first-order valence-corrected chi connectivity index (χ1v) is 8.18. The summed E-state index contributed by atoms with van der Waals surface area (Å²) in [7, 11) is -1.03. The van der Waals surface area contributed by atoms with Crippen molar-refractivity contribution in [3.8, 4) is 6.07 Å². The van der Waals surface area contributed by atoms with Crippen LogP contribution in [-0.4, -0.2) is 37.6 Å². The molecule has 0 spiro atoms. The second kappa shape index (κ2) is 4.90. The number of carbonyl (C=O) groups excluding carboxylic acids is 1. The SMILES string of the molecule is CC(CS(=O)C(C)(C)C)C(=O)N1C(C#N)CC2CC21. The minimum absolute atomic E-state index is 0.00847. The van der Waals surface area contributed by atoms with Crippen molar-refractivity contribution in [2.75, 3.05) is 5.75 Å². The topological polar surface area (TPSA) is 61.2 Å². The van der Waals surface area contributed by atoms with E-state index in [-0.39, 0.29) is 28.7 Å². The van der Waals surface area contributed by atoms with E-state index in [0.29, 0.717) is 11.7 Å². The molecule has 4 nitrogen and oxygen atoms in total. The summed E-state index contributed by atoms with van der Waals surface area (Å²) in [5, 5.41) is 9.11. The molecule has 2 rings (SSSR count). The number of rotatable bonds is 3. The molecule has 0 aromatic heterocycles. The van der Waals surface area contributed by atoms with Gasteiger partial charge in [0.15, 0.2) is 0 Å². The van der Waals surface area contributed by atoms with E-state index in [0.717, 1.165) is 12.8 Å². The summed E-state index contributed by atoms with van der Waals surface area (Å²) < 4.78 is 11.8. The van der Waals surface area contributed by atoms with Crippen LogP contribution in [0.25, 0.3) is 0 Å². The lowest BCUT2D eigenvalue weighted by Crippen LogP contribution is -2.43. The van der Waals surface area contributed by atoms with Crippen molar-refractivity contribution in [2.45, 2.75) is 57.4 Å². The quantitative estimate of drug-likeness (QED) is 0.791. The zero-order valence-electron chi connectivity index (χ0n) is 12.0. The normalized spacial score (nSPS) is 32.4. The van der Waals surface area contributed by atoms with Crippen molar-refractivity contribution < 1.29 is 9.00 Å². The molecule has 1 saturated heterocycles. The molecule has 2 fully saturated rings. The summed E-state index contributed by atoms with van der Waals surface area (Å²) >= 11 is 0. The fourth-order valence-corrected chi connectivity index (χ4v) is 3.79. The van der Waals surface area contributed by atoms with Crippen molar-refractivity contribution in [1.29, 1.82) is 5.26 Å². The minimum atomic E-state index is -1.03. The Hall–Kier alpha value is -0.890. The molecule has 5 heteroatoms. The van der Waals surface area contributed by atoms with E-state index in [2.05, 4.69) is 6.07 Å². The molecule has 0 aromatic carbocycles.